The van der Waals surface area contributed by atoms with Crippen LogP contribution >= 0.6 is 0 Å². The van der Waals surface area contributed by atoms with Gasteiger partial charge in [-0.1, -0.05) is 23.8 Å². The number of nitrogens with zero attached hydrogens (tertiary/aromatic N) is 1. The second kappa shape index (κ2) is 14.2. The summed E-state index contributed by atoms with van der Waals surface area (Å²) in [5, 5.41) is 13.0. The number of allylic oxidation sites excluding steroid dienone is 1. The number of amides is 1. The average molecular weight is 597 g/mol. The summed E-state index contributed by atoms with van der Waals surface area (Å²) in [5.41, 5.74) is 3.24. The number of hydrogen-bond donors (Lipinski definition) is 1. The van der Waals surface area contributed by atoms with Gasteiger partial charge in [0.15, 0.2) is 5.76 Å². The average Bonchev–Trinajstić information content (AvgIpc) is 3.30. The van der Waals surface area contributed by atoms with E-state index in [9.17, 15) is 9.59 Å². The van der Waals surface area contributed by atoms with Crippen molar-refractivity contribution in [2.24, 2.45) is 5.92 Å². The Hall–Kier alpha value is -4.05. The molecule has 1 atom stereocenters. The van der Waals surface area contributed by atoms with Crippen molar-refractivity contribution in [2.45, 2.75) is 109 Å². The quantitative estimate of drug-likeness (QED) is 0.197. The zero-order valence-electron chi connectivity index (χ0n) is 26.2. The van der Waals surface area contributed by atoms with Crippen LogP contribution in [-0.4, -0.2) is 29.6 Å². The Morgan fingerprint density at radius 2 is 1.77 bits per heavy atom. The van der Waals surface area contributed by atoms with Gasteiger partial charge in [0.1, 0.15) is 16.9 Å². The molecule has 5 rings (SSSR count). The van der Waals surface area contributed by atoms with E-state index in [2.05, 4.69) is 29.6 Å². The molecule has 2 aromatic carbocycles. The number of furan rings is 1. The molecule has 0 bridgehead atoms. The van der Waals surface area contributed by atoms with Crippen LogP contribution in [0.4, 0.5) is 0 Å². The summed E-state index contributed by atoms with van der Waals surface area (Å²) < 4.78 is 17.7. The lowest BCUT2D eigenvalue weighted by Gasteiger charge is -2.29. The monoisotopic (exact) mass is 596 g/mol. The van der Waals surface area contributed by atoms with Crippen molar-refractivity contribution in [3.8, 4) is 11.8 Å². The van der Waals surface area contributed by atoms with E-state index in [0.29, 0.717) is 29.2 Å². The molecular weight excluding hydrogens is 552 g/mol. The standard InChI is InChI=1S/C37H44N2O5/c1-37(2,3)44-35(40)21-27-5-4-6-30(16-13-27)39-36(41)34-23-29-22-32(19-20-33(29)43-34)42-31-17-14-26(15-18-31)8-7-25-9-11-28(24-38)12-10-25/h5,9-12,19-20,22-23,26,30-31H,4,6-8,13-18,21H2,1-3H3,(H,39,41). The third-order valence-corrected chi connectivity index (χ3v) is 8.62. The summed E-state index contributed by atoms with van der Waals surface area (Å²) in [4.78, 5) is 25.3. The molecule has 232 valence electrons. The van der Waals surface area contributed by atoms with Crippen LogP contribution in [0.15, 0.2) is 64.6 Å². The normalized spacial score (nSPS) is 20.7. The molecule has 0 aliphatic heterocycles. The first-order chi connectivity index (χ1) is 21.1. The molecule has 1 saturated carbocycles. The predicted molar refractivity (Wildman–Crippen MR) is 170 cm³/mol. The highest BCUT2D eigenvalue weighted by molar-refractivity contribution is 5.96. The maximum atomic E-state index is 13.1. The van der Waals surface area contributed by atoms with Crippen molar-refractivity contribution in [1.82, 2.24) is 5.32 Å². The minimum Gasteiger partial charge on any atom is -0.490 e. The predicted octanol–water partition coefficient (Wildman–Crippen LogP) is 8.21. The van der Waals surface area contributed by atoms with E-state index in [4.69, 9.17) is 19.2 Å². The summed E-state index contributed by atoms with van der Waals surface area (Å²) in [6, 6.07) is 17.7. The number of ether oxygens (including phenoxy) is 2. The van der Waals surface area contributed by atoms with Crippen LogP contribution in [0.1, 0.15) is 107 Å². The van der Waals surface area contributed by atoms with Gasteiger partial charge in [-0.3, -0.25) is 9.59 Å². The van der Waals surface area contributed by atoms with Gasteiger partial charge < -0.3 is 19.2 Å². The third kappa shape index (κ3) is 8.98. The molecule has 1 fully saturated rings. The zero-order chi connectivity index (χ0) is 31.1. The first-order valence-electron chi connectivity index (χ1n) is 16.0. The number of esters is 1. The number of aryl methyl sites for hydroxylation is 1. The minimum atomic E-state index is -0.493. The van der Waals surface area contributed by atoms with Crippen LogP contribution in [0.3, 0.4) is 0 Å². The molecule has 3 aromatic rings. The molecule has 0 radical (unpaired) electrons. The highest BCUT2D eigenvalue weighted by Crippen LogP contribution is 2.32. The Bertz CT molecular complexity index is 1510. The number of nitrogens with one attached hydrogen (secondary N) is 1. The van der Waals surface area contributed by atoms with Gasteiger partial charge in [0.05, 0.1) is 24.2 Å². The van der Waals surface area contributed by atoms with E-state index in [1.165, 1.54) is 5.56 Å². The smallest absolute Gasteiger partial charge is 0.310 e. The van der Waals surface area contributed by atoms with E-state index >= 15 is 0 Å². The second-order valence-electron chi connectivity index (χ2n) is 13.3. The molecule has 1 heterocycles. The number of carbonyl (C=O) groups is 2. The number of hydrogen-bond acceptors (Lipinski definition) is 6. The van der Waals surface area contributed by atoms with Gasteiger partial charge in [0, 0.05) is 11.4 Å². The highest BCUT2D eigenvalue weighted by atomic mass is 16.6. The topological polar surface area (TPSA) is 102 Å². The lowest BCUT2D eigenvalue weighted by molar-refractivity contribution is -0.153. The van der Waals surface area contributed by atoms with Crippen LogP contribution in [0.5, 0.6) is 5.75 Å². The van der Waals surface area contributed by atoms with Crippen molar-refractivity contribution in [1.29, 1.82) is 5.26 Å². The van der Waals surface area contributed by atoms with Crippen LogP contribution < -0.4 is 10.1 Å². The van der Waals surface area contributed by atoms with Gasteiger partial charge in [-0.15, -0.1) is 0 Å². The Labute approximate surface area is 260 Å². The van der Waals surface area contributed by atoms with Crippen molar-refractivity contribution in [3.05, 3.63) is 77.1 Å². The third-order valence-electron chi connectivity index (χ3n) is 8.62. The summed E-state index contributed by atoms with van der Waals surface area (Å²) in [6.45, 7) is 5.62. The van der Waals surface area contributed by atoms with Crippen molar-refractivity contribution in [3.63, 3.8) is 0 Å². The Balaban J connectivity index is 1.07. The van der Waals surface area contributed by atoms with Crippen molar-refractivity contribution < 1.29 is 23.5 Å². The summed E-state index contributed by atoms with van der Waals surface area (Å²) in [5.74, 6) is 1.37. The number of nitriles is 1. The molecule has 2 aliphatic rings. The van der Waals surface area contributed by atoms with Crippen molar-refractivity contribution >= 4 is 22.8 Å². The first-order valence-corrected chi connectivity index (χ1v) is 16.0. The Morgan fingerprint density at radius 3 is 2.50 bits per heavy atom. The fraction of sp³-hybridized carbons (Fsp3) is 0.486. The molecular formula is C37H44N2O5. The molecule has 0 spiro atoms. The van der Waals surface area contributed by atoms with Crippen LogP contribution in [0.2, 0.25) is 0 Å². The van der Waals surface area contributed by atoms with E-state index in [1.54, 1.807) is 6.07 Å². The van der Waals surface area contributed by atoms with Gasteiger partial charge >= 0.3 is 5.97 Å². The lowest BCUT2D eigenvalue weighted by Crippen LogP contribution is -2.34. The maximum Gasteiger partial charge on any atom is 0.310 e. The zero-order valence-corrected chi connectivity index (χ0v) is 26.2. The van der Waals surface area contributed by atoms with E-state index in [-0.39, 0.29) is 24.0 Å². The van der Waals surface area contributed by atoms with Gasteiger partial charge in [0.2, 0.25) is 0 Å². The maximum absolute atomic E-state index is 13.1. The van der Waals surface area contributed by atoms with Crippen LogP contribution in [0, 0.1) is 17.2 Å². The first kappa shape index (κ1) is 31.4. The summed E-state index contributed by atoms with van der Waals surface area (Å²) in [7, 11) is 0. The molecule has 7 nitrogen and oxygen atoms in total. The molecule has 1 unspecified atom stereocenters. The molecule has 7 heteroatoms. The van der Waals surface area contributed by atoms with E-state index < -0.39 is 5.60 Å². The fourth-order valence-electron chi connectivity index (χ4n) is 6.27. The van der Waals surface area contributed by atoms with Crippen LogP contribution in [0.25, 0.3) is 11.0 Å². The number of carbonyl (C=O) groups excluding carboxylic acids is 2. The number of fused-ring (bicyclic) bond motifs is 1. The molecule has 0 saturated heterocycles. The molecule has 1 N–H and O–H groups in total. The largest absolute Gasteiger partial charge is 0.490 e. The number of rotatable bonds is 9. The molecule has 1 amide bonds. The molecule has 1 aromatic heterocycles. The molecule has 2 aliphatic carbocycles. The van der Waals surface area contributed by atoms with Gasteiger partial charge in [-0.25, -0.2) is 0 Å². The van der Waals surface area contributed by atoms with Gasteiger partial charge in [-0.05, 0) is 133 Å². The Morgan fingerprint density at radius 1 is 1.00 bits per heavy atom. The highest BCUT2D eigenvalue weighted by Gasteiger charge is 2.24. The fourth-order valence-corrected chi connectivity index (χ4v) is 6.27. The SMILES string of the molecule is CC(C)(C)OC(=O)CC1=CCCC(NC(=O)c2cc3cc(OC4CCC(CCc5ccc(C#N)cc5)CC4)ccc3o2)CC1. The van der Waals surface area contributed by atoms with Crippen LogP contribution in [-0.2, 0) is 16.0 Å². The van der Waals surface area contributed by atoms with E-state index in [0.717, 1.165) is 80.9 Å². The van der Waals surface area contributed by atoms with Gasteiger partial charge in [-0.2, -0.15) is 5.26 Å². The summed E-state index contributed by atoms with van der Waals surface area (Å²) >= 11 is 0. The Kier molecular flexibility index (Phi) is 10.1. The van der Waals surface area contributed by atoms with E-state index in [1.807, 2.05) is 51.1 Å². The summed E-state index contributed by atoms with van der Waals surface area (Å²) in [6.07, 6.45) is 12.3. The van der Waals surface area contributed by atoms with Gasteiger partial charge in [0.25, 0.3) is 5.91 Å². The van der Waals surface area contributed by atoms with Crippen molar-refractivity contribution in [2.75, 3.05) is 0 Å². The second-order valence-corrected chi connectivity index (χ2v) is 13.3. The minimum absolute atomic E-state index is 0.0150. The number of benzene rings is 2. The molecule has 44 heavy (non-hydrogen) atoms. The lowest BCUT2D eigenvalue weighted by atomic mass is 9.83.